The number of nitrogens with zero attached hydrogens (tertiary/aromatic N) is 2. The van der Waals surface area contributed by atoms with Gasteiger partial charge in [0.05, 0.1) is 11.2 Å². The second kappa shape index (κ2) is 8.26. The summed E-state index contributed by atoms with van der Waals surface area (Å²) in [7, 11) is 0. The molecule has 0 radical (unpaired) electrons. The highest BCUT2D eigenvalue weighted by atomic mass is 14.8. The Kier molecular flexibility index (Phi) is 5.56. The summed E-state index contributed by atoms with van der Waals surface area (Å²) in [5, 5.41) is 9.09. The molecule has 4 nitrogen and oxygen atoms in total. The molecule has 0 aliphatic heterocycles. The Balaban J connectivity index is 1.83. The molecule has 4 heteroatoms. The zero-order valence-corrected chi connectivity index (χ0v) is 16.8. The van der Waals surface area contributed by atoms with E-state index in [1.54, 1.807) is 6.20 Å². The summed E-state index contributed by atoms with van der Waals surface area (Å²) in [5.41, 5.74) is 13.7. The molecule has 0 saturated heterocycles. The standard InChI is InChI=1S/C24H30N4/c1-16-11-12-22-23(21(16)14-26)19-9-5-6-10-20(19)24(28-22)17(13-25)15-27-18-7-3-2-4-8-18/h11-15,18,26H,2-10,25H2,1H3/b17-13+,26-14?,27-15?. The van der Waals surface area contributed by atoms with E-state index in [0.717, 1.165) is 46.1 Å². The number of aliphatic imine (C=N–C) groups is 1. The number of allylic oxidation sites excluding steroid dienone is 1. The van der Waals surface area contributed by atoms with E-state index in [4.69, 9.17) is 21.1 Å². The molecule has 0 spiro atoms. The number of nitrogens with two attached hydrogens (primary N) is 1. The third-order valence-electron chi connectivity index (χ3n) is 6.33. The second-order valence-electron chi connectivity index (χ2n) is 8.15. The van der Waals surface area contributed by atoms with E-state index in [0.29, 0.717) is 6.04 Å². The Morgan fingerprint density at radius 2 is 1.86 bits per heavy atom. The zero-order valence-electron chi connectivity index (χ0n) is 16.8. The van der Waals surface area contributed by atoms with Crippen LogP contribution in [-0.4, -0.2) is 23.5 Å². The van der Waals surface area contributed by atoms with Crippen LogP contribution < -0.4 is 5.73 Å². The van der Waals surface area contributed by atoms with E-state index in [9.17, 15) is 0 Å². The van der Waals surface area contributed by atoms with Gasteiger partial charge in [-0.3, -0.25) is 4.99 Å². The first-order valence-corrected chi connectivity index (χ1v) is 10.6. The Bertz CT molecular complexity index is 949. The van der Waals surface area contributed by atoms with Crippen LogP contribution in [0.1, 0.15) is 72.9 Å². The van der Waals surface area contributed by atoms with Crippen molar-refractivity contribution < 1.29 is 0 Å². The van der Waals surface area contributed by atoms with E-state index in [-0.39, 0.29) is 0 Å². The summed E-state index contributed by atoms with van der Waals surface area (Å²) < 4.78 is 0. The maximum absolute atomic E-state index is 7.93. The first kappa shape index (κ1) is 18.9. The molecule has 2 aromatic rings. The average Bonchev–Trinajstić information content (AvgIpc) is 2.75. The van der Waals surface area contributed by atoms with Crippen LogP contribution in [0.5, 0.6) is 0 Å². The highest BCUT2D eigenvalue weighted by Crippen LogP contribution is 2.35. The summed E-state index contributed by atoms with van der Waals surface area (Å²) in [4.78, 5) is 9.89. The fourth-order valence-corrected chi connectivity index (χ4v) is 4.78. The molecule has 1 heterocycles. The van der Waals surface area contributed by atoms with Crippen LogP contribution in [0.15, 0.2) is 23.3 Å². The maximum atomic E-state index is 7.93. The van der Waals surface area contributed by atoms with Gasteiger partial charge in [0.15, 0.2) is 0 Å². The van der Waals surface area contributed by atoms with E-state index in [1.165, 1.54) is 62.3 Å². The Hall–Kier alpha value is -2.49. The number of aryl methyl sites for hydroxylation is 2. The van der Waals surface area contributed by atoms with Gasteiger partial charge in [-0.2, -0.15) is 0 Å². The Morgan fingerprint density at radius 1 is 1.11 bits per heavy atom. The van der Waals surface area contributed by atoms with Crippen molar-refractivity contribution in [2.24, 2.45) is 10.7 Å². The Labute approximate surface area is 167 Å². The molecule has 0 atom stereocenters. The number of pyridine rings is 1. The van der Waals surface area contributed by atoms with Crippen molar-refractivity contribution in [3.05, 3.63) is 46.3 Å². The molecule has 1 aromatic carbocycles. The van der Waals surface area contributed by atoms with Crippen molar-refractivity contribution in [2.75, 3.05) is 0 Å². The molecule has 1 fully saturated rings. The first-order chi connectivity index (χ1) is 13.7. The quantitative estimate of drug-likeness (QED) is 0.729. The molecule has 0 amide bonds. The predicted molar refractivity (Wildman–Crippen MR) is 119 cm³/mol. The summed E-state index contributed by atoms with van der Waals surface area (Å²) >= 11 is 0. The van der Waals surface area contributed by atoms with Crippen molar-refractivity contribution in [3.63, 3.8) is 0 Å². The van der Waals surface area contributed by atoms with Gasteiger partial charge in [-0.1, -0.05) is 25.3 Å². The molecule has 2 aliphatic carbocycles. The van der Waals surface area contributed by atoms with E-state index in [2.05, 4.69) is 19.1 Å². The minimum atomic E-state index is 0.423. The molecule has 28 heavy (non-hydrogen) atoms. The fraction of sp³-hybridized carbons (Fsp3) is 0.458. The summed E-state index contributed by atoms with van der Waals surface area (Å²) in [6.07, 6.45) is 15.8. The number of aromatic nitrogens is 1. The third kappa shape index (κ3) is 3.48. The largest absolute Gasteiger partial charge is 0.404 e. The zero-order chi connectivity index (χ0) is 19.5. The van der Waals surface area contributed by atoms with E-state index in [1.807, 2.05) is 6.21 Å². The van der Waals surface area contributed by atoms with Crippen molar-refractivity contribution in [1.29, 1.82) is 5.41 Å². The van der Waals surface area contributed by atoms with Crippen LogP contribution >= 0.6 is 0 Å². The van der Waals surface area contributed by atoms with Crippen LogP contribution in [-0.2, 0) is 12.8 Å². The second-order valence-corrected chi connectivity index (χ2v) is 8.15. The number of rotatable bonds is 4. The molecule has 1 saturated carbocycles. The smallest absolute Gasteiger partial charge is 0.0774 e. The van der Waals surface area contributed by atoms with Crippen LogP contribution in [0.4, 0.5) is 0 Å². The minimum Gasteiger partial charge on any atom is -0.404 e. The third-order valence-corrected chi connectivity index (χ3v) is 6.33. The average molecular weight is 375 g/mol. The lowest BCUT2D eigenvalue weighted by Crippen LogP contribution is -2.13. The van der Waals surface area contributed by atoms with E-state index >= 15 is 0 Å². The first-order valence-electron chi connectivity index (χ1n) is 10.6. The van der Waals surface area contributed by atoms with Gasteiger partial charge in [0, 0.05) is 41.2 Å². The van der Waals surface area contributed by atoms with E-state index < -0.39 is 0 Å². The van der Waals surface area contributed by atoms with Crippen molar-refractivity contribution in [1.82, 2.24) is 4.98 Å². The number of hydrogen-bond acceptors (Lipinski definition) is 4. The molecular formula is C24H30N4. The van der Waals surface area contributed by atoms with Crippen molar-refractivity contribution >= 4 is 28.9 Å². The number of hydrogen-bond donors (Lipinski definition) is 2. The monoisotopic (exact) mass is 374 g/mol. The summed E-state index contributed by atoms with van der Waals surface area (Å²) in [6.45, 7) is 2.07. The minimum absolute atomic E-state index is 0.423. The molecule has 0 bridgehead atoms. The van der Waals surface area contributed by atoms with Crippen LogP contribution in [0.3, 0.4) is 0 Å². The lowest BCUT2D eigenvalue weighted by atomic mass is 9.84. The highest BCUT2D eigenvalue weighted by Gasteiger charge is 2.22. The molecule has 0 unspecified atom stereocenters. The number of benzene rings is 1. The van der Waals surface area contributed by atoms with Gasteiger partial charge >= 0.3 is 0 Å². The van der Waals surface area contributed by atoms with Gasteiger partial charge in [-0.25, -0.2) is 4.98 Å². The number of nitrogens with one attached hydrogen (secondary N) is 1. The van der Waals surface area contributed by atoms with Gasteiger partial charge in [0.1, 0.15) is 0 Å². The van der Waals surface area contributed by atoms with Gasteiger partial charge in [-0.05, 0) is 68.2 Å². The molecular weight excluding hydrogens is 344 g/mol. The lowest BCUT2D eigenvalue weighted by Gasteiger charge is -2.23. The fourth-order valence-electron chi connectivity index (χ4n) is 4.78. The van der Waals surface area contributed by atoms with Crippen molar-refractivity contribution in [2.45, 2.75) is 70.8 Å². The maximum Gasteiger partial charge on any atom is 0.0774 e. The van der Waals surface area contributed by atoms with Gasteiger partial charge in [0.25, 0.3) is 0 Å². The van der Waals surface area contributed by atoms with Crippen LogP contribution in [0.2, 0.25) is 0 Å². The molecule has 146 valence electrons. The topological polar surface area (TPSA) is 75.1 Å². The molecule has 1 aromatic heterocycles. The SMILES string of the molecule is Cc1ccc2nc(/C(C=NC3CCCCC3)=C/N)c3c(c2c1C=N)CCCC3. The van der Waals surface area contributed by atoms with Gasteiger partial charge in [-0.15, -0.1) is 0 Å². The van der Waals surface area contributed by atoms with Gasteiger partial charge in [0.2, 0.25) is 0 Å². The normalized spacial score (nSPS) is 18.5. The van der Waals surface area contributed by atoms with Crippen LogP contribution in [0.25, 0.3) is 16.5 Å². The number of fused-ring (bicyclic) bond motifs is 3. The molecule has 3 N–H and O–H groups in total. The Morgan fingerprint density at radius 3 is 2.57 bits per heavy atom. The highest BCUT2D eigenvalue weighted by molar-refractivity contribution is 6.11. The molecule has 2 aliphatic rings. The van der Waals surface area contributed by atoms with Crippen LogP contribution in [0, 0.1) is 12.3 Å². The van der Waals surface area contributed by atoms with Crippen molar-refractivity contribution in [3.8, 4) is 0 Å². The summed E-state index contributed by atoms with van der Waals surface area (Å²) in [5.74, 6) is 0. The summed E-state index contributed by atoms with van der Waals surface area (Å²) in [6, 6.07) is 4.58. The predicted octanol–water partition coefficient (Wildman–Crippen LogP) is 5.12. The van der Waals surface area contributed by atoms with Gasteiger partial charge < -0.3 is 11.1 Å². The molecule has 4 rings (SSSR count). The lowest BCUT2D eigenvalue weighted by molar-refractivity contribution is 0.444.